The molecule has 1 aliphatic heterocycles. The van der Waals surface area contributed by atoms with E-state index in [2.05, 4.69) is 31.1 Å². The molecule has 1 aliphatic rings. The molecule has 1 aromatic carbocycles. The van der Waals surface area contributed by atoms with Crippen LogP contribution in [0, 0.1) is 11.2 Å². The topological polar surface area (TPSA) is 24.4 Å². The first-order chi connectivity index (χ1) is 9.44. The largest absolute Gasteiger partial charge is 0.365 e. The number of halogens is 1. The lowest BCUT2D eigenvalue weighted by atomic mass is 9.90. The molecule has 0 aliphatic carbocycles. The number of nitrogens with one attached hydrogen (secondary N) is 1. The lowest BCUT2D eigenvalue weighted by Gasteiger charge is -2.21. The van der Waals surface area contributed by atoms with Gasteiger partial charge in [-0.2, -0.15) is 0 Å². The molecule has 0 bridgehead atoms. The van der Waals surface area contributed by atoms with Crippen molar-refractivity contribution in [1.29, 1.82) is 0 Å². The maximum absolute atomic E-state index is 13.5. The molecule has 0 radical (unpaired) electrons. The molecule has 0 amide bonds. The second-order valence-corrected chi connectivity index (χ2v) is 7.71. The van der Waals surface area contributed by atoms with Crippen LogP contribution in [0.1, 0.15) is 32.8 Å². The van der Waals surface area contributed by atoms with Crippen LogP contribution < -0.4 is 5.32 Å². The summed E-state index contributed by atoms with van der Waals surface area (Å²) in [5, 5.41) is 4.90. The molecular formula is C16H23FN2S. The number of nitrogens with zero attached hydrogens (tertiary/aromatic N) is 1. The number of amidine groups is 1. The van der Waals surface area contributed by atoms with E-state index in [1.54, 1.807) is 6.07 Å². The van der Waals surface area contributed by atoms with Crippen molar-refractivity contribution in [1.82, 2.24) is 5.32 Å². The Morgan fingerprint density at radius 1 is 1.35 bits per heavy atom. The summed E-state index contributed by atoms with van der Waals surface area (Å²) in [4.78, 5) is 4.53. The fourth-order valence-electron chi connectivity index (χ4n) is 2.31. The lowest BCUT2D eigenvalue weighted by Crippen LogP contribution is -2.23. The number of benzene rings is 1. The van der Waals surface area contributed by atoms with Gasteiger partial charge >= 0.3 is 0 Å². The SMILES string of the molecule is CC(C)(C)CC1CN=C(NCCc2ccccc2F)S1. The zero-order valence-electron chi connectivity index (χ0n) is 12.4. The van der Waals surface area contributed by atoms with Crippen LogP contribution >= 0.6 is 11.8 Å². The lowest BCUT2D eigenvalue weighted by molar-refractivity contribution is 0.375. The molecule has 0 aromatic heterocycles. The van der Waals surface area contributed by atoms with Crippen LogP contribution in [0.2, 0.25) is 0 Å². The summed E-state index contributed by atoms with van der Waals surface area (Å²) >= 11 is 1.82. The van der Waals surface area contributed by atoms with E-state index in [0.29, 0.717) is 17.1 Å². The molecule has 1 unspecified atom stereocenters. The highest BCUT2D eigenvalue weighted by atomic mass is 32.2. The van der Waals surface area contributed by atoms with Crippen LogP contribution in [-0.4, -0.2) is 23.5 Å². The van der Waals surface area contributed by atoms with Crippen molar-refractivity contribution in [3.05, 3.63) is 35.6 Å². The van der Waals surface area contributed by atoms with E-state index in [4.69, 9.17) is 0 Å². The second kappa shape index (κ2) is 6.61. The van der Waals surface area contributed by atoms with E-state index >= 15 is 0 Å². The summed E-state index contributed by atoms with van der Waals surface area (Å²) in [6, 6.07) is 6.94. The monoisotopic (exact) mass is 294 g/mol. The van der Waals surface area contributed by atoms with Gasteiger partial charge in [0.25, 0.3) is 0 Å². The fourth-order valence-corrected chi connectivity index (χ4v) is 3.69. The van der Waals surface area contributed by atoms with Crippen LogP contribution in [-0.2, 0) is 6.42 Å². The van der Waals surface area contributed by atoms with Crippen LogP contribution in [0.5, 0.6) is 0 Å². The van der Waals surface area contributed by atoms with Crippen molar-refractivity contribution in [3.8, 4) is 0 Å². The van der Waals surface area contributed by atoms with Gasteiger partial charge in [0, 0.05) is 11.8 Å². The Morgan fingerprint density at radius 3 is 2.80 bits per heavy atom. The van der Waals surface area contributed by atoms with E-state index in [-0.39, 0.29) is 5.82 Å². The number of rotatable bonds is 4. The highest BCUT2D eigenvalue weighted by Gasteiger charge is 2.24. The number of hydrogen-bond acceptors (Lipinski definition) is 3. The van der Waals surface area contributed by atoms with Crippen molar-refractivity contribution in [2.24, 2.45) is 10.4 Å². The van der Waals surface area contributed by atoms with Gasteiger partial charge in [0.05, 0.1) is 6.54 Å². The van der Waals surface area contributed by atoms with Gasteiger partial charge in [-0.05, 0) is 29.9 Å². The molecule has 0 spiro atoms. The summed E-state index contributed by atoms with van der Waals surface area (Å²) in [7, 11) is 0. The normalized spacial score (nSPS) is 19.0. The summed E-state index contributed by atoms with van der Waals surface area (Å²) in [5.41, 5.74) is 1.10. The molecule has 1 N–H and O–H groups in total. The third-order valence-electron chi connectivity index (χ3n) is 3.19. The second-order valence-electron chi connectivity index (χ2n) is 6.42. The maximum atomic E-state index is 13.5. The minimum atomic E-state index is -0.124. The Labute approximate surface area is 125 Å². The predicted molar refractivity (Wildman–Crippen MR) is 85.9 cm³/mol. The highest BCUT2D eigenvalue weighted by molar-refractivity contribution is 8.14. The third-order valence-corrected chi connectivity index (χ3v) is 4.33. The third kappa shape index (κ3) is 4.82. The van der Waals surface area contributed by atoms with E-state index in [1.807, 2.05) is 23.9 Å². The number of aliphatic imine (C=N–C) groups is 1. The Morgan fingerprint density at radius 2 is 2.10 bits per heavy atom. The summed E-state index contributed by atoms with van der Waals surface area (Å²) in [6.07, 6.45) is 1.86. The molecule has 1 heterocycles. The molecule has 0 saturated heterocycles. The molecule has 20 heavy (non-hydrogen) atoms. The predicted octanol–water partition coefficient (Wildman–Crippen LogP) is 3.87. The van der Waals surface area contributed by atoms with E-state index in [1.165, 1.54) is 12.5 Å². The Hall–Kier alpha value is -1.03. The molecule has 4 heteroatoms. The molecule has 1 aromatic rings. The zero-order valence-corrected chi connectivity index (χ0v) is 13.3. The standard InChI is InChI=1S/C16H23FN2S/c1-16(2,3)10-13-11-19-15(20-13)18-9-8-12-6-4-5-7-14(12)17/h4-7,13H,8-11H2,1-3H3,(H,18,19). The fraction of sp³-hybridized carbons (Fsp3) is 0.562. The molecule has 0 fully saturated rings. The number of hydrogen-bond donors (Lipinski definition) is 1. The molecule has 0 saturated carbocycles. The van der Waals surface area contributed by atoms with Crippen LogP contribution in [0.3, 0.4) is 0 Å². The van der Waals surface area contributed by atoms with Gasteiger partial charge in [0.15, 0.2) is 5.17 Å². The smallest absolute Gasteiger partial charge is 0.156 e. The van der Waals surface area contributed by atoms with E-state index in [9.17, 15) is 4.39 Å². The van der Waals surface area contributed by atoms with Crippen molar-refractivity contribution in [2.45, 2.75) is 38.9 Å². The maximum Gasteiger partial charge on any atom is 0.156 e. The molecule has 1 atom stereocenters. The molecule has 2 rings (SSSR count). The quantitative estimate of drug-likeness (QED) is 0.911. The van der Waals surface area contributed by atoms with Crippen LogP contribution in [0.4, 0.5) is 4.39 Å². The van der Waals surface area contributed by atoms with Gasteiger partial charge in [0.1, 0.15) is 5.82 Å². The van der Waals surface area contributed by atoms with Gasteiger partial charge in [0.2, 0.25) is 0 Å². The Balaban J connectivity index is 1.72. The highest BCUT2D eigenvalue weighted by Crippen LogP contribution is 2.31. The van der Waals surface area contributed by atoms with E-state index in [0.717, 1.165) is 23.8 Å². The molecular weight excluding hydrogens is 271 g/mol. The first kappa shape index (κ1) is 15.4. The van der Waals surface area contributed by atoms with Gasteiger partial charge in [-0.15, -0.1) is 0 Å². The van der Waals surface area contributed by atoms with Crippen molar-refractivity contribution < 1.29 is 4.39 Å². The average molecular weight is 294 g/mol. The van der Waals surface area contributed by atoms with E-state index < -0.39 is 0 Å². The minimum absolute atomic E-state index is 0.124. The van der Waals surface area contributed by atoms with Crippen molar-refractivity contribution in [3.63, 3.8) is 0 Å². The zero-order chi connectivity index (χ0) is 14.6. The first-order valence-corrected chi connectivity index (χ1v) is 8.00. The first-order valence-electron chi connectivity index (χ1n) is 7.12. The van der Waals surface area contributed by atoms with Crippen LogP contribution in [0.25, 0.3) is 0 Å². The Kier molecular flexibility index (Phi) is 5.08. The minimum Gasteiger partial charge on any atom is -0.365 e. The van der Waals surface area contributed by atoms with Crippen molar-refractivity contribution >= 4 is 16.9 Å². The van der Waals surface area contributed by atoms with Gasteiger partial charge < -0.3 is 5.32 Å². The average Bonchev–Trinajstić information content (AvgIpc) is 2.77. The number of thioether (sulfide) groups is 1. The summed E-state index contributed by atoms with van der Waals surface area (Å²) < 4.78 is 13.5. The molecule has 2 nitrogen and oxygen atoms in total. The summed E-state index contributed by atoms with van der Waals surface area (Å²) in [6.45, 7) is 8.41. The summed E-state index contributed by atoms with van der Waals surface area (Å²) in [5.74, 6) is -0.124. The van der Waals surface area contributed by atoms with Gasteiger partial charge in [-0.3, -0.25) is 4.99 Å². The van der Waals surface area contributed by atoms with Crippen molar-refractivity contribution in [2.75, 3.05) is 13.1 Å². The Bertz CT molecular complexity index is 480. The van der Waals surface area contributed by atoms with Crippen LogP contribution in [0.15, 0.2) is 29.3 Å². The van der Waals surface area contributed by atoms with Gasteiger partial charge in [-0.1, -0.05) is 50.7 Å². The molecule has 110 valence electrons. The van der Waals surface area contributed by atoms with Gasteiger partial charge in [-0.25, -0.2) is 4.39 Å².